The summed E-state index contributed by atoms with van der Waals surface area (Å²) in [5.41, 5.74) is 3.85. The lowest BCUT2D eigenvalue weighted by Crippen LogP contribution is -2.21. The normalized spacial score (nSPS) is 19.3. The molecule has 0 aromatic carbocycles. The number of anilines is 1. The number of nitrogens with two attached hydrogens (primary N) is 1. The molecule has 1 aliphatic heterocycles. The molecule has 0 fully saturated rings. The minimum Gasteiger partial charge on any atom is -0.419 e. The molecule has 1 atom stereocenters. The molecular formula is C17H18F6N4O. The van der Waals surface area contributed by atoms with Gasteiger partial charge in [0, 0.05) is 0 Å². The number of hydrogen-bond donors (Lipinski definition) is 1. The number of rotatable bonds is 0. The second-order valence-electron chi connectivity index (χ2n) is 6.76. The third-order valence-corrected chi connectivity index (χ3v) is 4.68. The summed E-state index contributed by atoms with van der Waals surface area (Å²) in [6.07, 6.45) is -6.91. The molecule has 1 unspecified atom stereocenters. The minimum absolute atomic E-state index is 0.0638. The first-order chi connectivity index (χ1) is 13.1. The number of halogens is 6. The molecule has 2 aromatic heterocycles. The van der Waals surface area contributed by atoms with Crippen LogP contribution >= 0.6 is 0 Å². The van der Waals surface area contributed by atoms with Gasteiger partial charge in [0.25, 0.3) is 5.89 Å². The second kappa shape index (κ2) is 7.59. The van der Waals surface area contributed by atoms with Crippen molar-refractivity contribution in [2.45, 2.75) is 63.2 Å². The van der Waals surface area contributed by atoms with Gasteiger partial charge in [0.2, 0.25) is 5.89 Å². The number of alkyl halides is 6. The van der Waals surface area contributed by atoms with E-state index in [1.807, 2.05) is 0 Å². The van der Waals surface area contributed by atoms with E-state index < -0.39 is 35.6 Å². The van der Waals surface area contributed by atoms with Gasteiger partial charge in [0.1, 0.15) is 5.92 Å². The molecule has 0 spiro atoms. The van der Waals surface area contributed by atoms with Crippen LogP contribution in [-0.2, 0) is 12.6 Å². The van der Waals surface area contributed by atoms with Crippen LogP contribution in [0.3, 0.4) is 0 Å². The fourth-order valence-electron chi connectivity index (χ4n) is 3.24. The van der Waals surface area contributed by atoms with Crippen LogP contribution in [0.5, 0.6) is 0 Å². The molecule has 0 aliphatic carbocycles. The summed E-state index contributed by atoms with van der Waals surface area (Å²) in [6, 6.07) is 0.717. The van der Waals surface area contributed by atoms with Gasteiger partial charge in [0.05, 0.1) is 16.9 Å². The minimum atomic E-state index is -4.65. The fourth-order valence-corrected chi connectivity index (χ4v) is 3.24. The first-order valence-corrected chi connectivity index (χ1v) is 8.84. The van der Waals surface area contributed by atoms with Crippen LogP contribution in [0.4, 0.5) is 32.0 Å². The average molecular weight is 408 g/mol. The van der Waals surface area contributed by atoms with Crippen molar-refractivity contribution in [3.63, 3.8) is 0 Å². The lowest BCUT2D eigenvalue weighted by molar-refractivity contribution is -0.156. The van der Waals surface area contributed by atoms with E-state index in [-0.39, 0.29) is 29.9 Å². The number of aromatic nitrogens is 3. The van der Waals surface area contributed by atoms with Crippen LogP contribution < -0.4 is 5.73 Å². The fraction of sp³-hybridized carbons (Fsp3) is 0.588. The Balaban J connectivity index is 2.09. The highest BCUT2D eigenvalue weighted by Crippen LogP contribution is 2.40. The Labute approximate surface area is 156 Å². The lowest BCUT2D eigenvalue weighted by atomic mass is 9.98. The van der Waals surface area contributed by atoms with Gasteiger partial charge in [-0.2, -0.15) is 26.3 Å². The molecule has 0 radical (unpaired) electrons. The van der Waals surface area contributed by atoms with Gasteiger partial charge in [-0.25, -0.2) is 4.98 Å². The third kappa shape index (κ3) is 4.39. The molecule has 3 rings (SSSR count). The van der Waals surface area contributed by atoms with E-state index >= 15 is 0 Å². The highest BCUT2D eigenvalue weighted by atomic mass is 19.4. The van der Waals surface area contributed by atoms with Crippen molar-refractivity contribution in [3.8, 4) is 11.6 Å². The van der Waals surface area contributed by atoms with Gasteiger partial charge >= 0.3 is 12.4 Å². The Kier molecular flexibility index (Phi) is 5.53. The summed E-state index contributed by atoms with van der Waals surface area (Å²) < 4.78 is 85.2. The van der Waals surface area contributed by atoms with Crippen molar-refractivity contribution in [1.29, 1.82) is 0 Å². The Hall–Kier alpha value is -2.33. The van der Waals surface area contributed by atoms with E-state index in [1.165, 1.54) is 0 Å². The molecule has 11 heteroatoms. The molecule has 154 valence electrons. The topological polar surface area (TPSA) is 77.8 Å². The van der Waals surface area contributed by atoms with Crippen molar-refractivity contribution in [1.82, 2.24) is 15.2 Å². The SMILES string of the molecule is Nc1cc(C(F)(F)F)c2nc1-c1nnc(o1)C(C(F)(F)F)CCCCCCC2. The Morgan fingerprint density at radius 2 is 1.64 bits per heavy atom. The van der Waals surface area contributed by atoms with Crippen molar-refractivity contribution >= 4 is 5.69 Å². The van der Waals surface area contributed by atoms with Gasteiger partial charge in [-0.1, -0.05) is 25.7 Å². The van der Waals surface area contributed by atoms with Gasteiger partial charge < -0.3 is 10.2 Å². The van der Waals surface area contributed by atoms with Crippen molar-refractivity contribution in [2.75, 3.05) is 5.73 Å². The van der Waals surface area contributed by atoms with Crippen LogP contribution in [0.15, 0.2) is 10.5 Å². The molecule has 0 saturated carbocycles. The van der Waals surface area contributed by atoms with Crippen LogP contribution in [0, 0.1) is 0 Å². The lowest BCUT2D eigenvalue weighted by Gasteiger charge is -2.17. The highest BCUT2D eigenvalue weighted by Gasteiger charge is 2.44. The molecule has 4 bridgehead atoms. The van der Waals surface area contributed by atoms with Crippen LogP contribution in [0.1, 0.15) is 61.6 Å². The zero-order valence-corrected chi connectivity index (χ0v) is 14.7. The molecule has 0 saturated heterocycles. The molecule has 1 aliphatic rings. The molecule has 0 amide bonds. The molecular weight excluding hydrogens is 390 g/mol. The maximum Gasteiger partial charge on any atom is 0.418 e. The van der Waals surface area contributed by atoms with Crippen LogP contribution in [0.25, 0.3) is 11.6 Å². The summed E-state index contributed by atoms with van der Waals surface area (Å²) in [5.74, 6) is -3.00. The largest absolute Gasteiger partial charge is 0.419 e. The van der Waals surface area contributed by atoms with Gasteiger partial charge in [-0.3, -0.25) is 0 Å². The molecule has 28 heavy (non-hydrogen) atoms. The van der Waals surface area contributed by atoms with E-state index in [0.717, 1.165) is 0 Å². The Morgan fingerprint density at radius 1 is 0.964 bits per heavy atom. The predicted molar refractivity (Wildman–Crippen MR) is 87.1 cm³/mol. The van der Waals surface area contributed by atoms with E-state index in [4.69, 9.17) is 10.2 Å². The first kappa shape index (κ1) is 20.4. The number of nitrogens with zero attached hydrogens (tertiary/aromatic N) is 3. The summed E-state index contributed by atoms with van der Waals surface area (Å²) in [6.45, 7) is 0. The maximum absolute atomic E-state index is 13.4. The molecule has 5 nitrogen and oxygen atoms in total. The highest BCUT2D eigenvalue weighted by molar-refractivity contribution is 5.67. The zero-order chi connectivity index (χ0) is 20.5. The van der Waals surface area contributed by atoms with Gasteiger partial charge in [-0.05, 0) is 25.3 Å². The van der Waals surface area contributed by atoms with E-state index in [1.54, 1.807) is 0 Å². The Morgan fingerprint density at radius 3 is 2.32 bits per heavy atom. The van der Waals surface area contributed by atoms with Gasteiger partial charge in [-0.15, -0.1) is 10.2 Å². The van der Waals surface area contributed by atoms with Crippen molar-refractivity contribution in [2.24, 2.45) is 0 Å². The maximum atomic E-state index is 13.4. The Bertz CT molecular complexity index is 830. The second-order valence-corrected chi connectivity index (χ2v) is 6.76. The quantitative estimate of drug-likeness (QED) is 0.601. The number of nitrogen functional groups attached to an aromatic ring is 1. The number of aryl methyl sites for hydroxylation is 1. The van der Waals surface area contributed by atoms with E-state index in [9.17, 15) is 26.3 Å². The number of pyridine rings is 1. The average Bonchev–Trinajstić information content (AvgIpc) is 3.04. The summed E-state index contributed by atoms with van der Waals surface area (Å²) >= 11 is 0. The summed E-state index contributed by atoms with van der Waals surface area (Å²) in [7, 11) is 0. The van der Waals surface area contributed by atoms with Gasteiger partial charge in [0.15, 0.2) is 5.69 Å². The summed E-state index contributed by atoms with van der Waals surface area (Å²) in [5, 5.41) is 7.03. The standard InChI is InChI=1S/C17H18F6N4O/c18-16(19,20)9-6-4-2-1-3-5-7-12-10(17(21,22)23)8-11(24)13(25-12)15-27-26-14(9)28-15/h8-9H,1-7,24H2. The van der Waals surface area contributed by atoms with Crippen molar-refractivity contribution in [3.05, 3.63) is 23.2 Å². The summed E-state index contributed by atoms with van der Waals surface area (Å²) in [4.78, 5) is 3.94. The molecule has 3 heterocycles. The van der Waals surface area contributed by atoms with Crippen LogP contribution in [-0.4, -0.2) is 21.4 Å². The monoisotopic (exact) mass is 408 g/mol. The third-order valence-electron chi connectivity index (χ3n) is 4.68. The van der Waals surface area contributed by atoms with E-state index in [0.29, 0.717) is 38.2 Å². The molecule has 2 aromatic rings. The zero-order valence-electron chi connectivity index (χ0n) is 14.7. The number of hydrogen-bond acceptors (Lipinski definition) is 5. The predicted octanol–water partition coefficient (Wildman–Crippen LogP) is 5.28. The molecule has 2 N–H and O–H groups in total. The van der Waals surface area contributed by atoms with Crippen molar-refractivity contribution < 1.29 is 30.8 Å². The first-order valence-electron chi connectivity index (χ1n) is 8.84. The smallest absolute Gasteiger partial charge is 0.418 e. The van der Waals surface area contributed by atoms with Crippen LogP contribution in [0.2, 0.25) is 0 Å². The van der Waals surface area contributed by atoms with E-state index in [2.05, 4.69) is 15.2 Å². The number of fused-ring (bicyclic) bond motifs is 5.